The average Bonchev–Trinajstić information content (AvgIpc) is 3.02. The Morgan fingerprint density at radius 1 is 1.17 bits per heavy atom. The van der Waals surface area contributed by atoms with E-state index < -0.39 is 5.97 Å². The van der Waals surface area contributed by atoms with Crippen molar-refractivity contribution in [3.05, 3.63) is 64.0 Å². The number of aromatic nitrogens is 2. The van der Waals surface area contributed by atoms with Gasteiger partial charge in [0.05, 0.1) is 10.6 Å². The van der Waals surface area contributed by atoms with Crippen molar-refractivity contribution in [2.45, 2.75) is 6.61 Å². The van der Waals surface area contributed by atoms with Gasteiger partial charge < -0.3 is 14.4 Å². The van der Waals surface area contributed by atoms with E-state index in [0.717, 1.165) is 0 Å². The van der Waals surface area contributed by atoms with Gasteiger partial charge in [0.25, 0.3) is 5.89 Å². The van der Waals surface area contributed by atoms with Crippen LogP contribution in [0.25, 0.3) is 11.4 Å². The van der Waals surface area contributed by atoms with Crippen LogP contribution in [0.15, 0.2) is 47.0 Å². The van der Waals surface area contributed by atoms with Gasteiger partial charge in [-0.1, -0.05) is 28.4 Å². The SMILES string of the molecule is O=C(O)c1ccc(OCc2nc(-c3ccc(Cl)cc3Cl)no2)cc1. The molecule has 0 unspecified atom stereocenters. The number of hydrogen-bond donors (Lipinski definition) is 1. The van der Waals surface area contributed by atoms with E-state index >= 15 is 0 Å². The van der Waals surface area contributed by atoms with Crippen molar-refractivity contribution < 1.29 is 19.2 Å². The second-order valence-electron chi connectivity index (χ2n) is 4.75. The van der Waals surface area contributed by atoms with Crippen LogP contribution in [-0.2, 0) is 6.61 Å². The maximum Gasteiger partial charge on any atom is 0.335 e. The third-order valence-electron chi connectivity index (χ3n) is 3.10. The maximum absolute atomic E-state index is 10.8. The number of carboxylic acid groups (broad SMARTS) is 1. The summed E-state index contributed by atoms with van der Waals surface area (Å²) in [5, 5.41) is 13.6. The lowest BCUT2D eigenvalue weighted by molar-refractivity contribution is 0.0697. The molecule has 0 radical (unpaired) electrons. The Balaban J connectivity index is 1.69. The Hall–Kier alpha value is -2.57. The van der Waals surface area contributed by atoms with Gasteiger partial charge in [0.1, 0.15) is 5.75 Å². The van der Waals surface area contributed by atoms with Crippen LogP contribution in [0.5, 0.6) is 5.75 Å². The van der Waals surface area contributed by atoms with Crippen LogP contribution in [0, 0.1) is 0 Å². The molecule has 0 saturated heterocycles. The minimum absolute atomic E-state index is 0.0463. The van der Waals surface area contributed by atoms with E-state index in [2.05, 4.69) is 10.1 Å². The Morgan fingerprint density at radius 3 is 2.58 bits per heavy atom. The molecule has 0 aliphatic heterocycles. The Labute approximate surface area is 146 Å². The number of aromatic carboxylic acids is 1. The van der Waals surface area contributed by atoms with Gasteiger partial charge in [0.2, 0.25) is 5.82 Å². The molecule has 0 bridgehead atoms. The van der Waals surface area contributed by atoms with Gasteiger partial charge in [0, 0.05) is 10.6 Å². The van der Waals surface area contributed by atoms with Gasteiger partial charge in [-0.05, 0) is 42.5 Å². The molecule has 3 aromatic rings. The van der Waals surface area contributed by atoms with Crippen molar-refractivity contribution in [3.63, 3.8) is 0 Å². The number of benzene rings is 2. The number of halogens is 2. The van der Waals surface area contributed by atoms with Crippen LogP contribution >= 0.6 is 23.2 Å². The molecule has 6 nitrogen and oxygen atoms in total. The highest BCUT2D eigenvalue weighted by Gasteiger charge is 2.13. The molecule has 2 aromatic carbocycles. The predicted octanol–water partition coefficient (Wildman–Crippen LogP) is 4.32. The fraction of sp³-hybridized carbons (Fsp3) is 0.0625. The summed E-state index contributed by atoms with van der Waals surface area (Å²) >= 11 is 12.0. The number of carboxylic acids is 1. The van der Waals surface area contributed by atoms with Crippen LogP contribution in [0.1, 0.15) is 16.2 Å². The zero-order valence-corrected chi connectivity index (χ0v) is 13.6. The van der Waals surface area contributed by atoms with E-state index in [1.807, 2.05) is 0 Å². The fourth-order valence-electron chi connectivity index (χ4n) is 1.93. The van der Waals surface area contributed by atoms with Crippen molar-refractivity contribution in [3.8, 4) is 17.1 Å². The maximum atomic E-state index is 10.8. The number of ether oxygens (including phenoxy) is 1. The first kappa shape index (κ1) is 16.3. The molecule has 122 valence electrons. The molecule has 0 spiro atoms. The topological polar surface area (TPSA) is 85.5 Å². The molecule has 0 fully saturated rings. The molecule has 0 aliphatic rings. The summed E-state index contributed by atoms with van der Waals surface area (Å²) in [5.74, 6) is 0.0852. The highest BCUT2D eigenvalue weighted by atomic mass is 35.5. The van der Waals surface area contributed by atoms with Crippen LogP contribution < -0.4 is 4.74 Å². The molecule has 0 amide bonds. The lowest BCUT2D eigenvalue weighted by Crippen LogP contribution is -1.98. The van der Waals surface area contributed by atoms with Gasteiger partial charge in [-0.25, -0.2) is 4.79 Å². The minimum atomic E-state index is -0.997. The number of hydrogen-bond acceptors (Lipinski definition) is 5. The lowest BCUT2D eigenvalue weighted by atomic mass is 10.2. The second-order valence-corrected chi connectivity index (χ2v) is 5.60. The van der Waals surface area contributed by atoms with Gasteiger partial charge in [0.15, 0.2) is 6.61 Å². The number of rotatable bonds is 5. The zero-order valence-electron chi connectivity index (χ0n) is 12.1. The van der Waals surface area contributed by atoms with E-state index in [-0.39, 0.29) is 18.1 Å². The second kappa shape index (κ2) is 6.90. The molecular weight excluding hydrogens is 355 g/mol. The smallest absolute Gasteiger partial charge is 0.335 e. The summed E-state index contributed by atoms with van der Waals surface area (Å²) < 4.78 is 10.6. The van der Waals surface area contributed by atoms with Crippen molar-refractivity contribution in [2.24, 2.45) is 0 Å². The highest BCUT2D eigenvalue weighted by molar-refractivity contribution is 6.36. The van der Waals surface area contributed by atoms with Crippen LogP contribution in [-0.4, -0.2) is 21.2 Å². The molecule has 0 aliphatic carbocycles. The third kappa shape index (κ3) is 3.67. The van der Waals surface area contributed by atoms with Gasteiger partial charge in [-0.2, -0.15) is 4.98 Å². The van der Waals surface area contributed by atoms with Gasteiger partial charge in [-0.15, -0.1) is 0 Å². The monoisotopic (exact) mass is 364 g/mol. The molecular formula is C16H10Cl2N2O4. The van der Waals surface area contributed by atoms with Crippen molar-refractivity contribution in [1.29, 1.82) is 0 Å². The minimum Gasteiger partial charge on any atom is -0.484 e. The van der Waals surface area contributed by atoms with Gasteiger partial charge >= 0.3 is 5.97 Å². The van der Waals surface area contributed by atoms with Crippen LogP contribution in [0.4, 0.5) is 0 Å². The van der Waals surface area contributed by atoms with Gasteiger partial charge in [-0.3, -0.25) is 0 Å². The summed E-state index contributed by atoms with van der Waals surface area (Å²) in [5.41, 5.74) is 0.779. The molecule has 24 heavy (non-hydrogen) atoms. The predicted molar refractivity (Wildman–Crippen MR) is 87.5 cm³/mol. The van der Waals surface area contributed by atoms with Crippen LogP contribution in [0.3, 0.4) is 0 Å². The first-order chi connectivity index (χ1) is 11.5. The normalized spacial score (nSPS) is 10.6. The molecule has 1 aromatic heterocycles. The van der Waals surface area contributed by atoms with Crippen molar-refractivity contribution in [1.82, 2.24) is 10.1 Å². The summed E-state index contributed by atoms with van der Waals surface area (Å²) in [4.78, 5) is 15.0. The Bertz CT molecular complexity index is 878. The molecule has 1 N–H and O–H groups in total. The third-order valence-corrected chi connectivity index (χ3v) is 3.65. The molecule has 3 rings (SSSR count). The molecule has 0 atom stereocenters. The van der Waals surface area contributed by atoms with E-state index in [0.29, 0.717) is 27.2 Å². The number of carbonyl (C=O) groups is 1. The zero-order chi connectivity index (χ0) is 17.1. The van der Waals surface area contributed by atoms with E-state index in [4.69, 9.17) is 37.6 Å². The molecule has 1 heterocycles. The summed E-state index contributed by atoms with van der Waals surface area (Å²) in [6.07, 6.45) is 0. The first-order valence-corrected chi connectivity index (χ1v) is 7.52. The van der Waals surface area contributed by atoms with E-state index in [1.54, 1.807) is 30.3 Å². The molecule has 8 heteroatoms. The summed E-state index contributed by atoms with van der Waals surface area (Å²) in [6, 6.07) is 11.0. The average molecular weight is 365 g/mol. The largest absolute Gasteiger partial charge is 0.484 e. The number of nitrogens with zero attached hydrogens (tertiary/aromatic N) is 2. The first-order valence-electron chi connectivity index (χ1n) is 6.77. The van der Waals surface area contributed by atoms with Crippen LogP contribution in [0.2, 0.25) is 10.0 Å². The summed E-state index contributed by atoms with van der Waals surface area (Å²) in [7, 11) is 0. The van der Waals surface area contributed by atoms with E-state index in [9.17, 15) is 4.79 Å². The standard InChI is InChI=1S/C16H10Cl2N2O4/c17-10-3-6-12(13(18)7-10)15-19-14(24-20-15)8-23-11-4-1-9(2-5-11)16(21)22/h1-7H,8H2,(H,21,22). The highest BCUT2D eigenvalue weighted by Crippen LogP contribution is 2.28. The summed E-state index contributed by atoms with van der Waals surface area (Å²) in [6.45, 7) is 0.0463. The fourth-order valence-corrected chi connectivity index (χ4v) is 2.43. The van der Waals surface area contributed by atoms with E-state index in [1.165, 1.54) is 12.1 Å². The lowest BCUT2D eigenvalue weighted by Gasteiger charge is -2.03. The quantitative estimate of drug-likeness (QED) is 0.725. The Morgan fingerprint density at radius 2 is 1.92 bits per heavy atom. The molecule has 0 saturated carbocycles. The van der Waals surface area contributed by atoms with Crippen molar-refractivity contribution in [2.75, 3.05) is 0 Å². The Kier molecular flexibility index (Phi) is 4.69. The van der Waals surface area contributed by atoms with Crippen molar-refractivity contribution >= 4 is 29.2 Å².